The van der Waals surface area contributed by atoms with Crippen molar-refractivity contribution in [2.24, 2.45) is 5.92 Å². The van der Waals surface area contributed by atoms with Gasteiger partial charge < -0.3 is 0 Å². The van der Waals surface area contributed by atoms with Crippen LogP contribution in [0.4, 0.5) is 0 Å². The van der Waals surface area contributed by atoms with E-state index in [2.05, 4.69) is 37.3 Å². The highest BCUT2D eigenvalue weighted by atomic mass is 16.1. The van der Waals surface area contributed by atoms with Crippen molar-refractivity contribution in [3.63, 3.8) is 0 Å². The van der Waals surface area contributed by atoms with Crippen LogP contribution in [0.25, 0.3) is 11.1 Å². The summed E-state index contributed by atoms with van der Waals surface area (Å²) in [7, 11) is 0. The van der Waals surface area contributed by atoms with Gasteiger partial charge in [-0.25, -0.2) is 0 Å². The summed E-state index contributed by atoms with van der Waals surface area (Å²) in [6.07, 6.45) is 6.64. The Balaban J connectivity index is 1.92. The van der Waals surface area contributed by atoms with Gasteiger partial charge in [0.05, 0.1) is 6.20 Å². The molecule has 20 heavy (non-hydrogen) atoms. The van der Waals surface area contributed by atoms with Crippen molar-refractivity contribution in [2.45, 2.75) is 39.7 Å². The zero-order valence-electron chi connectivity index (χ0n) is 12.1. The third-order valence-corrected chi connectivity index (χ3v) is 3.78. The van der Waals surface area contributed by atoms with Crippen molar-refractivity contribution in [3.05, 3.63) is 41.7 Å². The van der Waals surface area contributed by atoms with Crippen LogP contribution in [-0.4, -0.2) is 15.6 Å². The monoisotopic (exact) mass is 268 g/mol. The van der Waals surface area contributed by atoms with Crippen molar-refractivity contribution in [2.75, 3.05) is 0 Å². The molecule has 0 amide bonds. The molecule has 0 atom stereocenters. The van der Waals surface area contributed by atoms with Crippen molar-refractivity contribution in [1.82, 2.24) is 9.78 Å². The SMILES string of the molecule is CC(C)Cn1cc(-c2ccc3c(c2)C(=O)CCC3)cn1. The second-order valence-electron chi connectivity index (χ2n) is 5.99. The molecule has 1 aromatic carbocycles. The van der Waals surface area contributed by atoms with Crippen LogP contribution in [0.1, 0.15) is 42.6 Å². The third-order valence-electron chi connectivity index (χ3n) is 3.78. The fourth-order valence-electron chi connectivity index (χ4n) is 2.79. The van der Waals surface area contributed by atoms with Gasteiger partial charge in [0.15, 0.2) is 5.78 Å². The van der Waals surface area contributed by atoms with Crippen LogP contribution in [0.5, 0.6) is 0 Å². The highest BCUT2D eigenvalue weighted by Gasteiger charge is 2.17. The molecular formula is C17H20N2O. The Hall–Kier alpha value is -1.90. The molecule has 3 heteroatoms. The number of benzene rings is 1. The lowest BCUT2D eigenvalue weighted by atomic mass is 9.88. The highest BCUT2D eigenvalue weighted by molar-refractivity contribution is 5.99. The first kappa shape index (κ1) is 13.1. The van der Waals surface area contributed by atoms with E-state index in [1.54, 1.807) is 0 Å². The van der Waals surface area contributed by atoms with Gasteiger partial charge in [-0.1, -0.05) is 26.0 Å². The Morgan fingerprint density at radius 1 is 1.25 bits per heavy atom. The largest absolute Gasteiger partial charge is 0.294 e. The average Bonchev–Trinajstić information content (AvgIpc) is 2.86. The van der Waals surface area contributed by atoms with Crippen molar-refractivity contribution in [3.8, 4) is 11.1 Å². The van der Waals surface area contributed by atoms with Gasteiger partial charge >= 0.3 is 0 Å². The minimum Gasteiger partial charge on any atom is -0.294 e. The summed E-state index contributed by atoms with van der Waals surface area (Å²) in [4.78, 5) is 12.0. The van der Waals surface area contributed by atoms with Gasteiger partial charge in [0.2, 0.25) is 0 Å². The van der Waals surface area contributed by atoms with E-state index in [1.165, 1.54) is 5.56 Å². The number of carbonyl (C=O) groups is 1. The van der Waals surface area contributed by atoms with Crippen molar-refractivity contribution in [1.29, 1.82) is 0 Å². The molecule has 2 aromatic rings. The van der Waals surface area contributed by atoms with E-state index in [0.29, 0.717) is 12.3 Å². The van der Waals surface area contributed by atoms with Gasteiger partial charge in [0.25, 0.3) is 0 Å². The Morgan fingerprint density at radius 2 is 2.10 bits per heavy atom. The number of ketones is 1. The average molecular weight is 268 g/mol. The van der Waals surface area contributed by atoms with Crippen LogP contribution in [-0.2, 0) is 13.0 Å². The summed E-state index contributed by atoms with van der Waals surface area (Å²) in [6, 6.07) is 6.24. The van der Waals surface area contributed by atoms with E-state index in [9.17, 15) is 4.79 Å². The molecular weight excluding hydrogens is 248 g/mol. The van der Waals surface area contributed by atoms with E-state index in [4.69, 9.17) is 0 Å². The maximum atomic E-state index is 12.0. The summed E-state index contributed by atoms with van der Waals surface area (Å²) in [5.74, 6) is 0.857. The number of hydrogen-bond donors (Lipinski definition) is 0. The molecule has 0 saturated heterocycles. The molecule has 0 bridgehead atoms. The molecule has 3 nitrogen and oxygen atoms in total. The third kappa shape index (κ3) is 2.53. The molecule has 0 spiro atoms. The normalized spacial score (nSPS) is 14.7. The molecule has 0 unspecified atom stereocenters. The number of carbonyl (C=O) groups excluding carboxylic acids is 1. The van der Waals surface area contributed by atoms with Gasteiger partial charge in [0, 0.05) is 30.3 Å². The number of nitrogens with zero attached hydrogens (tertiary/aromatic N) is 2. The molecule has 1 aliphatic rings. The van der Waals surface area contributed by atoms with Crippen LogP contribution in [0.15, 0.2) is 30.6 Å². The maximum absolute atomic E-state index is 12.0. The predicted octanol–water partition coefficient (Wildman–Crippen LogP) is 3.73. The summed E-state index contributed by atoms with van der Waals surface area (Å²) in [5.41, 5.74) is 4.28. The van der Waals surface area contributed by atoms with Crippen molar-refractivity contribution < 1.29 is 4.79 Å². The van der Waals surface area contributed by atoms with Gasteiger partial charge in [0.1, 0.15) is 0 Å². The van der Waals surface area contributed by atoms with E-state index >= 15 is 0 Å². The number of fused-ring (bicyclic) bond motifs is 1. The van der Waals surface area contributed by atoms with E-state index < -0.39 is 0 Å². The number of rotatable bonds is 3. The summed E-state index contributed by atoms with van der Waals surface area (Å²) in [5, 5.41) is 4.40. The Labute approximate surface area is 119 Å². The lowest BCUT2D eigenvalue weighted by Crippen LogP contribution is -2.10. The van der Waals surface area contributed by atoms with E-state index in [0.717, 1.165) is 36.1 Å². The van der Waals surface area contributed by atoms with E-state index in [-0.39, 0.29) is 5.78 Å². The van der Waals surface area contributed by atoms with Crippen molar-refractivity contribution >= 4 is 5.78 Å². The Morgan fingerprint density at radius 3 is 2.90 bits per heavy atom. The smallest absolute Gasteiger partial charge is 0.163 e. The van der Waals surface area contributed by atoms with Gasteiger partial charge in [-0.05, 0) is 36.0 Å². The number of Topliss-reactive ketones (excluding diaryl/α,β-unsaturated/α-hetero) is 1. The first-order valence-electron chi connectivity index (χ1n) is 7.32. The number of aryl methyl sites for hydroxylation is 1. The van der Waals surface area contributed by atoms with Crippen LogP contribution in [0.3, 0.4) is 0 Å². The second-order valence-corrected chi connectivity index (χ2v) is 5.99. The number of aromatic nitrogens is 2. The molecule has 0 N–H and O–H groups in total. The summed E-state index contributed by atoms with van der Waals surface area (Å²) >= 11 is 0. The fraction of sp³-hybridized carbons (Fsp3) is 0.412. The molecule has 1 aromatic heterocycles. The minimum atomic E-state index is 0.280. The minimum absolute atomic E-state index is 0.280. The fourth-order valence-corrected chi connectivity index (χ4v) is 2.79. The summed E-state index contributed by atoms with van der Waals surface area (Å²) in [6.45, 7) is 5.28. The molecule has 104 valence electrons. The van der Waals surface area contributed by atoms with Gasteiger partial charge in [-0.3, -0.25) is 9.48 Å². The van der Waals surface area contributed by atoms with Crippen LogP contribution >= 0.6 is 0 Å². The Kier molecular flexibility index (Phi) is 3.43. The molecule has 3 rings (SSSR count). The standard InChI is InChI=1S/C17H20N2O/c1-12(2)10-19-11-15(9-18-19)14-7-6-13-4-3-5-17(20)16(13)8-14/h6-9,11-12H,3-5,10H2,1-2H3. The zero-order valence-corrected chi connectivity index (χ0v) is 12.1. The topological polar surface area (TPSA) is 34.9 Å². The Bertz CT molecular complexity index is 640. The van der Waals surface area contributed by atoms with Crippen LogP contribution < -0.4 is 0 Å². The molecule has 1 heterocycles. The van der Waals surface area contributed by atoms with E-state index in [1.807, 2.05) is 16.9 Å². The van der Waals surface area contributed by atoms with Crippen LogP contribution in [0.2, 0.25) is 0 Å². The molecule has 0 radical (unpaired) electrons. The first-order chi connectivity index (χ1) is 9.63. The molecule has 1 aliphatic carbocycles. The lowest BCUT2D eigenvalue weighted by Gasteiger charge is -2.15. The lowest BCUT2D eigenvalue weighted by molar-refractivity contribution is 0.0972. The zero-order chi connectivity index (χ0) is 14.1. The predicted molar refractivity (Wildman–Crippen MR) is 79.8 cm³/mol. The van der Waals surface area contributed by atoms with Gasteiger partial charge in [-0.2, -0.15) is 5.10 Å². The molecule has 0 saturated carbocycles. The number of hydrogen-bond acceptors (Lipinski definition) is 2. The molecule has 0 aliphatic heterocycles. The summed E-state index contributed by atoms with van der Waals surface area (Å²) < 4.78 is 1.97. The quantitative estimate of drug-likeness (QED) is 0.850. The van der Waals surface area contributed by atoms with Gasteiger partial charge in [-0.15, -0.1) is 0 Å². The first-order valence-corrected chi connectivity index (χ1v) is 7.32. The molecule has 0 fully saturated rings. The second kappa shape index (κ2) is 5.23. The van der Waals surface area contributed by atoms with Crippen LogP contribution in [0, 0.1) is 5.92 Å². The maximum Gasteiger partial charge on any atom is 0.163 e. The highest BCUT2D eigenvalue weighted by Crippen LogP contribution is 2.27.